The molecule has 22 nitrogen and oxygen atoms in total. The van der Waals surface area contributed by atoms with Crippen molar-refractivity contribution in [2.24, 2.45) is 0 Å². The maximum absolute atomic E-state index is 11.9. The number of anilines is 1. The number of aliphatic hydroxyl groups is 2. The molecule has 1 saturated heterocycles. The van der Waals surface area contributed by atoms with E-state index in [2.05, 4.69) is 32.4 Å². The van der Waals surface area contributed by atoms with Gasteiger partial charge in [0.15, 0.2) is 17.4 Å². The molecule has 0 aromatic carbocycles. The molecule has 0 bridgehead atoms. The summed E-state index contributed by atoms with van der Waals surface area (Å²) in [5.41, 5.74) is 4.27. The van der Waals surface area contributed by atoms with Gasteiger partial charge in [0.1, 0.15) is 18.3 Å². The highest BCUT2D eigenvalue weighted by Crippen LogP contribution is 2.65. The van der Waals surface area contributed by atoms with Gasteiger partial charge in [-0.05, 0) is 0 Å². The number of aromatic nitrogens is 4. The minimum absolute atomic E-state index is 0.193. The number of nitrogen functional groups attached to an aromatic ring is 1. The Balaban J connectivity index is 1.68. The highest BCUT2D eigenvalue weighted by Gasteiger charge is 2.45. The number of aliphatic hydroxyl groups excluding tert-OH is 2. The second-order valence-corrected chi connectivity index (χ2v) is 12.4. The largest absolute Gasteiger partial charge is 0.790 e. The predicted molar refractivity (Wildman–Crippen MR) is 98.1 cm³/mol. The first-order chi connectivity index (χ1) is 16.3. The van der Waals surface area contributed by atoms with Crippen LogP contribution >= 0.6 is 31.3 Å². The van der Waals surface area contributed by atoms with Gasteiger partial charge in [-0.15, -0.1) is 0 Å². The van der Waals surface area contributed by atoms with E-state index in [0.717, 1.165) is 10.9 Å². The maximum Gasteiger partial charge on any atom is 0.280 e. The highest BCUT2D eigenvalue weighted by molar-refractivity contribution is 7.68. The molecule has 1 aliphatic rings. The lowest BCUT2D eigenvalue weighted by molar-refractivity contribution is -0.339. The summed E-state index contributed by atoms with van der Waals surface area (Å²) >= 11 is 0. The number of aromatic amines is 1. The van der Waals surface area contributed by atoms with Crippen molar-refractivity contribution in [2.45, 2.75) is 24.5 Å². The molecule has 3 heterocycles. The number of imidazole rings is 1. The van der Waals surface area contributed by atoms with E-state index in [1.54, 1.807) is 0 Å². The number of hydrogen-bond acceptors (Lipinski definition) is 20. The van der Waals surface area contributed by atoms with Crippen molar-refractivity contribution in [1.29, 1.82) is 0 Å². The second kappa shape index (κ2) is 10.0. The molecule has 26 heteroatoms. The van der Waals surface area contributed by atoms with Crippen molar-refractivity contribution in [3.63, 3.8) is 0 Å². The summed E-state index contributed by atoms with van der Waals surface area (Å²) in [6.07, 6.45) is -5.96. The molecule has 3 rings (SSSR count). The van der Waals surface area contributed by atoms with E-state index in [0.29, 0.717) is 0 Å². The van der Waals surface area contributed by atoms with Crippen LogP contribution in [0.5, 0.6) is 0 Å². The first-order valence-corrected chi connectivity index (χ1v) is 14.6. The van der Waals surface area contributed by atoms with Crippen molar-refractivity contribution in [3.05, 3.63) is 16.7 Å². The number of nitrogens with one attached hydrogen (secondary N) is 1. The van der Waals surface area contributed by atoms with Gasteiger partial charge < -0.3 is 54.2 Å². The van der Waals surface area contributed by atoms with Crippen LogP contribution in [0.25, 0.3) is 11.2 Å². The molecule has 2 aromatic heterocycles. The van der Waals surface area contributed by atoms with Crippen LogP contribution in [-0.2, 0) is 40.5 Å². The third kappa shape index (κ3) is 7.12. The number of H-pyrrole nitrogens is 1. The molecule has 36 heavy (non-hydrogen) atoms. The Bertz CT molecular complexity index is 1390. The average molecular weight is 598 g/mol. The first-order valence-electron chi connectivity index (χ1n) is 8.77. The fourth-order valence-electron chi connectivity index (χ4n) is 2.81. The van der Waals surface area contributed by atoms with Gasteiger partial charge in [0, 0.05) is 0 Å². The van der Waals surface area contributed by atoms with Crippen molar-refractivity contribution < 1.29 is 75.1 Å². The quantitative estimate of drug-likeness (QED) is 0.185. The fraction of sp³-hybridized carbons (Fsp3) is 0.500. The van der Waals surface area contributed by atoms with E-state index in [1.807, 2.05) is 0 Å². The molecule has 2 aromatic rings. The van der Waals surface area contributed by atoms with E-state index in [-0.39, 0.29) is 17.1 Å². The molecule has 1 aliphatic heterocycles. The van der Waals surface area contributed by atoms with E-state index in [4.69, 9.17) is 10.5 Å². The second-order valence-electron chi connectivity index (χ2n) is 6.65. The van der Waals surface area contributed by atoms with E-state index in [1.165, 1.54) is 0 Å². The summed E-state index contributed by atoms with van der Waals surface area (Å²) in [7, 11) is -25.3. The number of ether oxygens (including phenoxy) is 1. The van der Waals surface area contributed by atoms with Crippen LogP contribution < -0.4 is 35.8 Å². The van der Waals surface area contributed by atoms with Gasteiger partial charge in [-0.1, -0.05) is 0 Å². The SMILES string of the molecule is Nc1nc2c(ncn2[C@@H]2O[C@H](COP(=O)([O-])OP(=O)([O-])OP(=O)([O-])OP(=O)([O-])[O-])[C@@H](O)[C@H]2O)c(=O)[nH]1. The Morgan fingerprint density at radius 1 is 1.03 bits per heavy atom. The van der Waals surface area contributed by atoms with Gasteiger partial charge in [0.05, 0.1) is 20.8 Å². The first kappa shape index (κ1) is 29.2. The molecule has 3 unspecified atom stereocenters. The molecule has 0 aliphatic carbocycles. The van der Waals surface area contributed by atoms with Crippen LogP contribution in [0.15, 0.2) is 11.1 Å². The van der Waals surface area contributed by atoms with Crippen LogP contribution in [-0.4, -0.2) is 54.7 Å². The normalized spacial score (nSPS) is 28.0. The summed E-state index contributed by atoms with van der Waals surface area (Å²) in [5.74, 6) is -0.336. The fourth-order valence-corrected chi connectivity index (χ4v) is 7.04. The zero-order chi connectivity index (χ0) is 27.3. The monoisotopic (exact) mass is 598 g/mol. The molecule has 7 atom stereocenters. The molecule has 0 saturated carbocycles. The van der Waals surface area contributed by atoms with Crippen LogP contribution in [0.3, 0.4) is 0 Å². The zero-order valence-corrected chi connectivity index (χ0v) is 20.4. The number of nitrogens with zero attached hydrogens (tertiary/aromatic N) is 3. The molecule has 0 spiro atoms. The van der Waals surface area contributed by atoms with Gasteiger partial charge >= 0.3 is 0 Å². The number of fused-ring (bicyclic) bond motifs is 1. The van der Waals surface area contributed by atoms with Crippen molar-refractivity contribution in [2.75, 3.05) is 12.3 Å². The number of phosphoric acid groups is 4. The topological polar surface area (TPSA) is 360 Å². The highest BCUT2D eigenvalue weighted by atomic mass is 31.3. The third-order valence-electron chi connectivity index (χ3n) is 4.06. The molecule has 0 radical (unpaired) electrons. The molecule has 1 fully saturated rings. The third-order valence-corrected chi connectivity index (χ3v) is 9.32. The molecule has 204 valence electrons. The summed E-state index contributed by atoms with van der Waals surface area (Å²) < 4.78 is 64.4. The molecule has 5 N–H and O–H groups in total. The number of phosphoric ester groups is 1. The summed E-state index contributed by atoms with van der Waals surface area (Å²) in [4.78, 5) is 76.4. The lowest BCUT2D eigenvalue weighted by atomic mass is 10.1. The maximum atomic E-state index is 11.9. The predicted octanol–water partition coefficient (Wildman–Crippen LogP) is -5.38. The summed E-state index contributed by atoms with van der Waals surface area (Å²) in [6, 6.07) is 0. The van der Waals surface area contributed by atoms with E-state index >= 15 is 0 Å². The van der Waals surface area contributed by atoms with Crippen molar-refractivity contribution in [1.82, 2.24) is 19.5 Å². The Kier molecular flexibility index (Phi) is 8.14. The Morgan fingerprint density at radius 2 is 1.61 bits per heavy atom. The van der Waals surface area contributed by atoms with Crippen LogP contribution in [0.1, 0.15) is 6.23 Å². The summed E-state index contributed by atoms with van der Waals surface area (Å²) in [5, 5.41) is 20.4. The average Bonchev–Trinajstić information content (AvgIpc) is 3.18. The van der Waals surface area contributed by atoms with Gasteiger partial charge in [-0.3, -0.25) is 32.4 Å². The van der Waals surface area contributed by atoms with Crippen LogP contribution in [0.2, 0.25) is 0 Å². The van der Waals surface area contributed by atoms with E-state index in [9.17, 15) is 57.7 Å². The van der Waals surface area contributed by atoms with Crippen LogP contribution in [0, 0.1) is 0 Å². The standard InChI is InChI=1S/C10H17N5O17P4/c11-10-13-7-4(8(18)14-10)12-2-15(7)9-6(17)5(16)3(29-9)1-28-34(22,23)31-36(26,27)32-35(24,25)30-33(19,20)21/h2-3,5-6,9,16-17H,1H2,(H,22,23)(H,24,25)(H,26,27)(H2,19,20,21)(H3,11,13,14,18)/p-5/t3-,5-,6-,9-/m1/s1. The summed E-state index contributed by atoms with van der Waals surface area (Å²) in [6.45, 7) is -1.24. The van der Waals surface area contributed by atoms with Crippen LogP contribution in [0.4, 0.5) is 5.95 Å². The minimum Gasteiger partial charge on any atom is -0.790 e. The number of rotatable bonds is 10. The number of nitrogens with two attached hydrogens (primary N) is 1. The zero-order valence-electron chi connectivity index (χ0n) is 16.8. The van der Waals surface area contributed by atoms with Gasteiger partial charge in [0.2, 0.25) is 5.95 Å². The lowest BCUT2D eigenvalue weighted by Gasteiger charge is -2.38. The lowest BCUT2D eigenvalue weighted by Crippen LogP contribution is -2.34. The minimum atomic E-state index is -6.47. The molecule has 0 amide bonds. The van der Waals surface area contributed by atoms with Gasteiger partial charge in [0.25, 0.3) is 29.0 Å². The Hall–Kier alpha value is -1.41. The van der Waals surface area contributed by atoms with Gasteiger partial charge in [-0.2, -0.15) is 4.98 Å². The molecular weight excluding hydrogens is 586 g/mol. The van der Waals surface area contributed by atoms with E-state index < -0.39 is 68.0 Å². The Morgan fingerprint density at radius 3 is 2.22 bits per heavy atom. The van der Waals surface area contributed by atoms with Crippen molar-refractivity contribution >= 4 is 48.4 Å². The van der Waals surface area contributed by atoms with Gasteiger partial charge in [-0.25, -0.2) is 13.6 Å². The van der Waals surface area contributed by atoms with Crippen molar-refractivity contribution in [3.8, 4) is 0 Å². The smallest absolute Gasteiger partial charge is 0.280 e. The Labute approximate surface area is 197 Å². The molecular formula is C10H12N5O17P4-5. The number of hydrogen-bond donors (Lipinski definition) is 4.